The van der Waals surface area contributed by atoms with E-state index in [1.165, 1.54) is 0 Å². The summed E-state index contributed by atoms with van der Waals surface area (Å²) in [6.45, 7) is 4.38. The van der Waals surface area contributed by atoms with Crippen molar-refractivity contribution < 1.29 is 9.53 Å². The zero-order chi connectivity index (χ0) is 17.7. The van der Waals surface area contributed by atoms with Gasteiger partial charge in [-0.1, -0.05) is 0 Å². The fourth-order valence-corrected chi connectivity index (χ4v) is 3.19. The number of anilines is 1. The van der Waals surface area contributed by atoms with E-state index in [4.69, 9.17) is 17.0 Å². The van der Waals surface area contributed by atoms with E-state index in [-0.39, 0.29) is 11.0 Å². The second-order valence-electron chi connectivity index (χ2n) is 4.81. The van der Waals surface area contributed by atoms with Crippen molar-refractivity contribution in [3.8, 4) is 5.75 Å². The highest BCUT2D eigenvalue weighted by Crippen LogP contribution is 2.26. The number of aryl methyl sites for hydroxylation is 1. The lowest BCUT2D eigenvalue weighted by molar-refractivity contribution is 0.0977. The van der Waals surface area contributed by atoms with Gasteiger partial charge in [0.25, 0.3) is 5.91 Å². The summed E-state index contributed by atoms with van der Waals surface area (Å²) in [6, 6.07) is 7.09. The molecule has 0 aliphatic heterocycles. The number of halogens is 2. The molecule has 24 heavy (non-hydrogen) atoms. The highest BCUT2D eigenvalue weighted by Gasteiger charge is 2.12. The third-order valence-electron chi connectivity index (χ3n) is 3.00. The van der Waals surface area contributed by atoms with E-state index in [0.29, 0.717) is 28.2 Å². The molecule has 0 aliphatic carbocycles. The average Bonchev–Trinajstić information content (AvgIpc) is 2.52. The maximum Gasteiger partial charge on any atom is 0.257 e. The number of benzene rings is 1. The lowest BCUT2D eigenvalue weighted by Crippen LogP contribution is -2.34. The number of thiocarbonyl (C=S) groups is 1. The number of aromatic nitrogens is 1. The SMILES string of the molecule is CCOc1ccc(C(=O)NC(=S)Nc2ncc(I)cc2C)cc1Br. The minimum absolute atomic E-state index is 0.196. The first-order chi connectivity index (χ1) is 11.4. The monoisotopic (exact) mass is 519 g/mol. The van der Waals surface area contributed by atoms with Crippen LogP contribution in [0.2, 0.25) is 0 Å². The van der Waals surface area contributed by atoms with E-state index in [2.05, 4.69) is 54.1 Å². The molecule has 0 unspecified atom stereocenters. The van der Waals surface area contributed by atoms with E-state index in [1.54, 1.807) is 24.4 Å². The Morgan fingerprint density at radius 2 is 2.17 bits per heavy atom. The minimum atomic E-state index is -0.306. The molecule has 0 spiro atoms. The second-order valence-corrected chi connectivity index (χ2v) is 7.31. The summed E-state index contributed by atoms with van der Waals surface area (Å²) in [7, 11) is 0. The van der Waals surface area contributed by atoms with Gasteiger partial charge in [0.1, 0.15) is 11.6 Å². The summed E-state index contributed by atoms with van der Waals surface area (Å²) in [5.41, 5.74) is 1.42. The standard InChI is InChI=1S/C16H15BrIN3O2S/c1-3-23-13-5-4-10(7-12(13)17)15(22)21-16(24)20-14-9(2)6-11(18)8-19-14/h4-8H,3H2,1-2H3,(H2,19,20,21,22,24). The van der Waals surface area contributed by atoms with Crippen LogP contribution in [0, 0.1) is 10.5 Å². The van der Waals surface area contributed by atoms with Crippen LogP contribution >= 0.6 is 50.7 Å². The zero-order valence-electron chi connectivity index (χ0n) is 13.0. The van der Waals surface area contributed by atoms with Crippen LogP contribution in [0.5, 0.6) is 5.75 Å². The van der Waals surface area contributed by atoms with Gasteiger partial charge in [0.15, 0.2) is 5.11 Å². The average molecular weight is 520 g/mol. The Labute approximate surface area is 167 Å². The minimum Gasteiger partial charge on any atom is -0.493 e. The normalized spacial score (nSPS) is 10.2. The van der Waals surface area contributed by atoms with Gasteiger partial charge in [-0.2, -0.15) is 0 Å². The number of amides is 1. The number of nitrogens with one attached hydrogen (secondary N) is 2. The van der Waals surface area contributed by atoms with Crippen molar-refractivity contribution in [2.45, 2.75) is 13.8 Å². The van der Waals surface area contributed by atoms with Gasteiger partial charge in [-0.15, -0.1) is 0 Å². The summed E-state index contributed by atoms with van der Waals surface area (Å²) in [5.74, 6) is 1.00. The van der Waals surface area contributed by atoms with Gasteiger partial charge >= 0.3 is 0 Å². The molecule has 0 radical (unpaired) electrons. The number of nitrogens with zero attached hydrogens (tertiary/aromatic N) is 1. The summed E-state index contributed by atoms with van der Waals surface area (Å²) in [5, 5.41) is 5.77. The molecule has 0 atom stereocenters. The lowest BCUT2D eigenvalue weighted by atomic mass is 10.2. The van der Waals surface area contributed by atoms with Crippen LogP contribution in [0.25, 0.3) is 0 Å². The first-order valence-electron chi connectivity index (χ1n) is 7.07. The molecule has 1 aromatic carbocycles. The first-order valence-corrected chi connectivity index (χ1v) is 9.35. The smallest absolute Gasteiger partial charge is 0.257 e. The van der Waals surface area contributed by atoms with Gasteiger partial charge in [0.2, 0.25) is 0 Å². The molecule has 5 nitrogen and oxygen atoms in total. The molecule has 126 valence electrons. The third-order valence-corrected chi connectivity index (χ3v) is 4.41. The van der Waals surface area contributed by atoms with Crippen molar-refractivity contribution in [3.05, 3.63) is 49.6 Å². The molecule has 2 aromatic rings. The van der Waals surface area contributed by atoms with Crippen molar-refractivity contribution in [3.63, 3.8) is 0 Å². The Kier molecular flexibility index (Phi) is 6.93. The predicted molar refractivity (Wildman–Crippen MR) is 111 cm³/mol. The molecule has 1 heterocycles. The van der Waals surface area contributed by atoms with Crippen molar-refractivity contribution in [1.82, 2.24) is 10.3 Å². The van der Waals surface area contributed by atoms with Crippen molar-refractivity contribution in [2.75, 3.05) is 11.9 Å². The predicted octanol–water partition coefficient (Wildman–Crippen LogP) is 4.28. The van der Waals surface area contributed by atoms with Crippen LogP contribution in [0.4, 0.5) is 5.82 Å². The molecule has 1 amide bonds. The van der Waals surface area contributed by atoms with E-state index in [0.717, 1.165) is 9.13 Å². The molecule has 0 bridgehead atoms. The molecule has 8 heteroatoms. The van der Waals surface area contributed by atoms with E-state index < -0.39 is 0 Å². The number of carbonyl (C=O) groups excluding carboxylic acids is 1. The quantitative estimate of drug-likeness (QED) is 0.466. The van der Waals surface area contributed by atoms with Gasteiger partial charge in [-0.05, 0) is 94.4 Å². The number of hydrogen-bond donors (Lipinski definition) is 2. The second kappa shape index (κ2) is 8.72. The van der Waals surface area contributed by atoms with E-state index >= 15 is 0 Å². The molecular formula is C16H15BrIN3O2S. The highest BCUT2D eigenvalue weighted by atomic mass is 127. The third kappa shape index (κ3) is 5.12. The summed E-state index contributed by atoms with van der Waals surface area (Å²) < 4.78 is 7.17. The number of rotatable bonds is 4. The van der Waals surface area contributed by atoms with Crippen molar-refractivity contribution >= 4 is 67.6 Å². The topological polar surface area (TPSA) is 63.2 Å². The van der Waals surface area contributed by atoms with Crippen LogP contribution in [0.15, 0.2) is 34.9 Å². The van der Waals surface area contributed by atoms with Gasteiger partial charge in [-0.3, -0.25) is 10.1 Å². The van der Waals surface area contributed by atoms with Crippen LogP contribution in [0.3, 0.4) is 0 Å². The fraction of sp³-hybridized carbons (Fsp3) is 0.188. The largest absolute Gasteiger partial charge is 0.493 e. The molecule has 0 fully saturated rings. The van der Waals surface area contributed by atoms with Crippen molar-refractivity contribution in [1.29, 1.82) is 0 Å². The number of hydrogen-bond acceptors (Lipinski definition) is 4. The maximum absolute atomic E-state index is 12.3. The van der Waals surface area contributed by atoms with Gasteiger partial charge < -0.3 is 10.1 Å². The number of carbonyl (C=O) groups is 1. The maximum atomic E-state index is 12.3. The summed E-state index contributed by atoms with van der Waals surface area (Å²) in [4.78, 5) is 16.5. The Hall–Kier alpha value is -1.26. The fourth-order valence-electron chi connectivity index (χ4n) is 1.90. The van der Waals surface area contributed by atoms with Crippen molar-refractivity contribution in [2.24, 2.45) is 0 Å². The zero-order valence-corrected chi connectivity index (χ0v) is 17.6. The Morgan fingerprint density at radius 1 is 1.42 bits per heavy atom. The molecule has 2 rings (SSSR count). The molecule has 1 aromatic heterocycles. The lowest BCUT2D eigenvalue weighted by Gasteiger charge is -2.12. The van der Waals surface area contributed by atoms with E-state index in [9.17, 15) is 4.79 Å². The Morgan fingerprint density at radius 3 is 2.79 bits per heavy atom. The van der Waals surface area contributed by atoms with Gasteiger partial charge in [0, 0.05) is 15.3 Å². The van der Waals surface area contributed by atoms with Crippen LogP contribution in [-0.2, 0) is 0 Å². The van der Waals surface area contributed by atoms with Crippen LogP contribution in [-0.4, -0.2) is 22.6 Å². The Balaban J connectivity index is 2.03. The molecule has 0 aliphatic rings. The molecule has 0 saturated carbocycles. The number of pyridine rings is 1. The van der Waals surface area contributed by atoms with E-state index in [1.807, 2.05) is 19.9 Å². The first kappa shape index (κ1) is 19.1. The van der Waals surface area contributed by atoms with Crippen LogP contribution < -0.4 is 15.4 Å². The molecule has 2 N–H and O–H groups in total. The Bertz CT molecular complexity index is 786. The van der Waals surface area contributed by atoms with Crippen LogP contribution in [0.1, 0.15) is 22.8 Å². The molecular weight excluding hydrogens is 505 g/mol. The summed E-state index contributed by atoms with van der Waals surface area (Å²) in [6.07, 6.45) is 1.73. The van der Waals surface area contributed by atoms with Gasteiger partial charge in [-0.25, -0.2) is 4.98 Å². The highest BCUT2D eigenvalue weighted by molar-refractivity contribution is 14.1. The number of ether oxygens (including phenoxy) is 1. The van der Waals surface area contributed by atoms with Gasteiger partial charge in [0.05, 0.1) is 11.1 Å². The summed E-state index contributed by atoms with van der Waals surface area (Å²) >= 11 is 10.8. The molecule has 0 saturated heterocycles.